The first kappa shape index (κ1) is 26.3. The molecule has 0 radical (unpaired) electrons. The molecule has 4 amide bonds. The van der Waals surface area contributed by atoms with Crippen molar-refractivity contribution in [2.24, 2.45) is 17.8 Å². The van der Waals surface area contributed by atoms with Crippen molar-refractivity contribution in [2.45, 2.75) is 35.4 Å². The Hall–Kier alpha value is -2.94. The summed E-state index contributed by atoms with van der Waals surface area (Å²) in [7, 11) is 1.28. The van der Waals surface area contributed by atoms with E-state index in [0.717, 1.165) is 27.5 Å². The predicted molar refractivity (Wildman–Crippen MR) is 142 cm³/mol. The van der Waals surface area contributed by atoms with E-state index >= 15 is 0 Å². The first-order valence-corrected chi connectivity index (χ1v) is 13.5. The van der Waals surface area contributed by atoms with Crippen LogP contribution in [0.15, 0.2) is 48.0 Å². The Morgan fingerprint density at radius 3 is 2.38 bits per heavy atom. The number of fused-ring (bicyclic) bond motifs is 4. The van der Waals surface area contributed by atoms with Crippen LogP contribution >= 0.6 is 34.8 Å². The molecule has 0 bridgehead atoms. The topological polar surface area (TPSA) is 95.0 Å². The summed E-state index contributed by atoms with van der Waals surface area (Å²) in [6.45, 7) is 1.80. The van der Waals surface area contributed by atoms with Crippen molar-refractivity contribution < 1.29 is 28.7 Å². The molecule has 7 nitrogen and oxygen atoms in total. The summed E-state index contributed by atoms with van der Waals surface area (Å²) >= 11 is 20.4. The van der Waals surface area contributed by atoms with Gasteiger partial charge in [0.1, 0.15) is 0 Å². The Labute approximate surface area is 238 Å². The third kappa shape index (κ3) is 3.28. The smallest absolute Gasteiger partial charge is 0.253 e. The molecule has 1 saturated carbocycles. The monoisotopic (exact) mass is 590 g/mol. The van der Waals surface area contributed by atoms with Crippen LogP contribution in [0.4, 0.5) is 10.1 Å². The van der Waals surface area contributed by atoms with Crippen molar-refractivity contribution >= 4 is 64.1 Å². The highest BCUT2D eigenvalue weighted by molar-refractivity contribution is 6.53. The molecule has 2 heterocycles. The number of carbonyl (C=O) groups is 4. The molecular weight excluding hydrogens is 570 g/mol. The molecule has 2 aromatic rings. The van der Waals surface area contributed by atoms with E-state index in [1.807, 2.05) is 0 Å². The van der Waals surface area contributed by atoms with Crippen molar-refractivity contribution in [3.63, 3.8) is 0 Å². The van der Waals surface area contributed by atoms with Gasteiger partial charge >= 0.3 is 0 Å². The molecule has 6 unspecified atom stereocenters. The van der Waals surface area contributed by atoms with Gasteiger partial charge in [0.05, 0.1) is 17.5 Å². The molecule has 202 valence electrons. The normalized spacial score (nSPS) is 33.7. The molecule has 3 fully saturated rings. The van der Waals surface area contributed by atoms with E-state index in [2.05, 4.69) is 0 Å². The van der Waals surface area contributed by atoms with Gasteiger partial charge in [-0.15, -0.1) is 23.2 Å². The summed E-state index contributed by atoms with van der Waals surface area (Å²) < 4.78 is 14.6. The second-order valence-electron chi connectivity index (χ2n) is 10.7. The molecule has 0 aromatic heterocycles. The standard InChI is InChI=1S/C28H22Cl3FN2O5/c1-12-3-5-14(10-18(12)29)34-23(36)16-7-6-15-17(21(16)24(34)37)11-27(30)25(38)33(2)26(39)28(27,31)22(15)13-4-8-20(35)19(32)9-13/h3-6,8-10,16-17,21-22,35H,7,11H2,1-2H3. The zero-order valence-electron chi connectivity index (χ0n) is 20.8. The van der Waals surface area contributed by atoms with Gasteiger partial charge in [-0.25, -0.2) is 9.29 Å². The number of aryl methyl sites for hydroxylation is 1. The lowest BCUT2D eigenvalue weighted by atomic mass is 9.56. The number of anilines is 1. The Morgan fingerprint density at radius 2 is 1.72 bits per heavy atom. The number of allylic oxidation sites excluding steroid dienone is 2. The van der Waals surface area contributed by atoms with E-state index in [-0.39, 0.29) is 18.4 Å². The van der Waals surface area contributed by atoms with Gasteiger partial charge in [-0.1, -0.05) is 35.4 Å². The van der Waals surface area contributed by atoms with Gasteiger partial charge in [-0.3, -0.25) is 24.1 Å². The van der Waals surface area contributed by atoms with E-state index < -0.39 is 68.6 Å². The number of hydrogen-bond donors (Lipinski definition) is 1. The minimum Gasteiger partial charge on any atom is -0.505 e. The lowest BCUT2D eigenvalue weighted by Gasteiger charge is -2.50. The molecule has 39 heavy (non-hydrogen) atoms. The van der Waals surface area contributed by atoms with Crippen LogP contribution in [0.2, 0.25) is 5.02 Å². The lowest BCUT2D eigenvalue weighted by molar-refractivity contribution is -0.138. The van der Waals surface area contributed by atoms with E-state index in [4.69, 9.17) is 34.8 Å². The van der Waals surface area contributed by atoms with Gasteiger partial charge in [0.25, 0.3) is 11.8 Å². The van der Waals surface area contributed by atoms with E-state index in [9.17, 15) is 28.7 Å². The number of carbonyl (C=O) groups excluding carboxylic acids is 4. The lowest BCUT2D eigenvalue weighted by Crippen LogP contribution is -2.60. The maximum absolute atomic E-state index is 14.6. The van der Waals surface area contributed by atoms with Crippen LogP contribution in [-0.2, 0) is 19.2 Å². The number of amides is 4. The fourth-order valence-electron chi connectivity index (χ4n) is 6.80. The summed E-state index contributed by atoms with van der Waals surface area (Å²) in [6.07, 6.45) is 1.77. The van der Waals surface area contributed by atoms with Crippen LogP contribution in [-0.4, -0.2) is 50.4 Å². The van der Waals surface area contributed by atoms with Crippen molar-refractivity contribution in [3.05, 3.63) is 70.0 Å². The number of nitrogens with zero attached hydrogens (tertiary/aromatic N) is 2. The van der Waals surface area contributed by atoms with Crippen molar-refractivity contribution in [1.82, 2.24) is 4.90 Å². The molecule has 4 aliphatic rings. The quantitative estimate of drug-likeness (QED) is 0.311. The van der Waals surface area contributed by atoms with Crippen molar-refractivity contribution in [2.75, 3.05) is 11.9 Å². The van der Waals surface area contributed by atoms with Crippen LogP contribution in [0.5, 0.6) is 5.75 Å². The van der Waals surface area contributed by atoms with Crippen LogP contribution in [0, 0.1) is 30.5 Å². The molecule has 1 N–H and O–H groups in total. The Morgan fingerprint density at radius 1 is 1.00 bits per heavy atom. The summed E-state index contributed by atoms with van der Waals surface area (Å²) in [5, 5.41) is 10.2. The molecule has 0 spiro atoms. The number of phenolic OH excluding ortho intramolecular Hbond substituents is 1. The van der Waals surface area contributed by atoms with Gasteiger partial charge in [0, 0.05) is 18.0 Å². The number of phenols is 1. The molecule has 6 atom stereocenters. The minimum absolute atomic E-state index is 0.168. The maximum atomic E-state index is 14.6. The number of rotatable bonds is 2. The molecule has 2 saturated heterocycles. The molecule has 2 aliphatic carbocycles. The summed E-state index contributed by atoms with van der Waals surface area (Å²) in [6, 6.07) is 8.52. The Bertz CT molecular complexity index is 1550. The number of hydrogen-bond acceptors (Lipinski definition) is 5. The van der Waals surface area contributed by atoms with E-state index in [1.54, 1.807) is 31.2 Å². The molecule has 2 aromatic carbocycles. The molecule has 2 aliphatic heterocycles. The summed E-state index contributed by atoms with van der Waals surface area (Å²) in [5.74, 6) is -7.32. The van der Waals surface area contributed by atoms with Gasteiger partial charge < -0.3 is 5.11 Å². The van der Waals surface area contributed by atoms with Gasteiger partial charge in [-0.05, 0) is 61.1 Å². The van der Waals surface area contributed by atoms with E-state index in [0.29, 0.717) is 16.3 Å². The third-order valence-electron chi connectivity index (χ3n) is 8.73. The van der Waals surface area contributed by atoms with Crippen molar-refractivity contribution in [1.29, 1.82) is 0 Å². The first-order chi connectivity index (χ1) is 18.3. The largest absolute Gasteiger partial charge is 0.505 e. The average molecular weight is 592 g/mol. The fourth-order valence-corrected chi connectivity index (χ4v) is 7.99. The number of benzene rings is 2. The zero-order chi connectivity index (χ0) is 28.2. The second-order valence-corrected chi connectivity index (χ2v) is 12.3. The summed E-state index contributed by atoms with van der Waals surface area (Å²) in [5.41, 5.74) is 1.88. The van der Waals surface area contributed by atoms with Crippen LogP contribution < -0.4 is 4.90 Å². The average Bonchev–Trinajstić information content (AvgIpc) is 3.22. The number of halogens is 4. The van der Waals surface area contributed by atoms with Gasteiger partial charge in [0.15, 0.2) is 21.3 Å². The number of likely N-dealkylation sites (tertiary alicyclic amines) is 1. The van der Waals surface area contributed by atoms with Crippen LogP contribution in [0.1, 0.15) is 29.9 Å². The van der Waals surface area contributed by atoms with Gasteiger partial charge in [-0.2, -0.15) is 0 Å². The SMILES string of the molecule is Cc1ccc(N2C(=O)C3CC=C4C(CC5(Cl)C(=O)N(C)C(=O)C5(Cl)C4c4ccc(O)c(F)c4)C3C2=O)cc1Cl. The van der Waals surface area contributed by atoms with Crippen LogP contribution in [0.25, 0.3) is 0 Å². The Balaban J connectivity index is 1.51. The number of alkyl halides is 2. The summed E-state index contributed by atoms with van der Waals surface area (Å²) in [4.78, 5) is 52.4. The fraction of sp³-hybridized carbons (Fsp3) is 0.357. The zero-order valence-corrected chi connectivity index (χ0v) is 23.0. The minimum atomic E-state index is -2.02. The van der Waals surface area contributed by atoms with Crippen LogP contribution in [0.3, 0.4) is 0 Å². The first-order valence-electron chi connectivity index (χ1n) is 12.4. The highest BCUT2D eigenvalue weighted by Crippen LogP contribution is 2.65. The third-order valence-corrected chi connectivity index (χ3v) is 10.6. The maximum Gasteiger partial charge on any atom is 0.253 e. The highest BCUT2D eigenvalue weighted by atomic mass is 35.5. The number of imide groups is 2. The van der Waals surface area contributed by atoms with Crippen molar-refractivity contribution in [3.8, 4) is 5.75 Å². The van der Waals surface area contributed by atoms with E-state index in [1.165, 1.54) is 13.1 Å². The molecule has 6 rings (SSSR count). The molecular formula is C28H22Cl3FN2O5. The second kappa shape index (κ2) is 8.53. The Kier molecular flexibility index (Phi) is 5.75. The van der Waals surface area contributed by atoms with Gasteiger partial charge in [0.2, 0.25) is 11.8 Å². The predicted octanol–water partition coefficient (Wildman–Crippen LogP) is 4.69. The highest BCUT2D eigenvalue weighted by Gasteiger charge is 2.75. The number of aromatic hydroxyl groups is 1. The molecule has 11 heteroatoms.